The van der Waals surface area contributed by atoms with Gasteiger partial charge in [-0.15, -0.1) is 11.3 Å². The molecule has 2 amide bonds. The van der Waals surface area contributed by atoms with E-state index in [4.69, 9.17) is 12.2 Å². The molecule has 2 aromatic rings. The molecule has 2 atom stereocenters. The molecule has 2 N–H and O–H groups in total. The zero-order valence-electron chi connectivity index (χ0n) is 16.6. The first-order valence-electron chi connectivity index (χ1n) is 9.99. The van der Waals surface area contributed by atoms with Gasteiger partial charge >= 0.3 is 0 Å². The Morgan fingerprint density at radius 1 is 1.24 bits per heavy atom. The molecule has 2 aromatic heterocycles. The maximum absolute atomic E-state index is 13.2. The van der Waals surface area contributed by atoms with Crippen molar-refractivity contribution in [2.45, 2.75) is 44.8 Å². The van der Waals surface area contributed by atoms with Gasteiger partial charge < -0.3 is 10.2 Å². The van der Waals surface area contributed by atoms with Crippen LogP contribution in [0.15, 0.2) is 17.5 Å². The molecule has 1 aliphatic carbocycles. The van der Waals surface area contributed by atoms with E-state index >= 15 is 0 Å². The van der Waals surface area contributed by atoms with Gasteiger partial charge in [0.2, 0.25) is 11.8 Å². The zero-order chi connectivity index (χ0) is 20.5. The van der Waals surface area contributed by atoms with Crippen molar-refractivity contribution >= 4 is 35.4 Å². The lowest BCUT2D eigenvalue weighted by Gasteiger charge is -2.38. The average molecular weight is 435 g/mol. The van der Waals surface area contributed by atoms with E-state index in [9.17, 15) is 9.59 Å². The number of carbonyl (C=O) groups excluding carboxylic acids is 2. The van der Waals surface area contributed by atoms with E-state index in [2.05, 4.69) is 20.4 Å². The van der Waals surface area contributed by atoms with Crippen molar-refractivity contribution < 1.29 is 9.59 Å². The van der Waals surface area contributed by atoms with Gasteiger partial charge in [0.15, 0.2) is 10.6 Å². The molecule has 1 saturated heterocycles. The number of aromatic amines is 1. The molecule has 29 heavy (non-hydrogen) atoms. The lowest BCUT2D eigenvalue weighted by atomic mass is 10.2. The summed E-state index contributed by atoms with van der Waals surface area (Å²) in [4.78, 5) is 30.4. The lowest BCUT2D eigenvalue weighted by Crippen LogP contribution is -2.55. The molecule has 2 aliphatic rings. The number of nitrogens with one attached hydrogen (secondary N) is 2. The number of nitrogens with zero attached hydrogens (tertiary/aromatic N) is 4. The van der Waals surface area contributed by atoms with Crippen molar-refractivity contribution in [3.63, 3.8) is 0 Å². The van der Waals surface area contributed by atoms with Gasteiger partial charge in [0.1, 0.15) is 6.04 Å². The molecule has 0 bridgehead atoms. The molecule has 1 aliphatic heterocycles. The predicted octanol–water partition coefficient (Wildman–Crippen LogP) is 2.04. The lowest BCUT2D eigenvalue weighted by molar-refractivity contribution is -0.137. The minimum atomic E-state index is -0.444. The summed E-state index contributed by atoms with van der Waals surface area (Å²) in [5, 5.41) is 12.2. The predicted molar refractivity (Wildman–Crippen MR) is 114 cm³/mol. The van der Waals surface area contributed by atoms with Crippen LogP contribution in [0.25, 0.3) is 10.7 Å². The van der Waals surface area contributed by atoms with E-state index in [1.807, 2.05) is 36.3 Å². The number of rotatable bonds is 6. The summed E-state index contributed by atoms with van der Waals surface area (Å²) < 4.78 is 2.24. The first-order chi connectivity index (χ1) is 14.0. The smallest absolute Gasteiger partial charge is 0.245 e. The van der Waals surface area contributed by atoms with Crippen molar-refractivity contribution in [2.75, 3.05) is 26.2 Å². The summed E-state index contributed by atoms with van der Waals surface area (Å²) in [6.45, 7) is 6.38. The van der Waals surface area contributed by atoms with Crippen LogP contribution in [0.5, 0.6) is 0 Å². The molecule has 4 rings (SSSR count). The molecule has 0 aromatic carbocycles. The van der Waals surface area contributed by atoms with Crippen LogP contribution in [0.1, 0.15) is 32.7 Å². The highest BCUT2D eigenvalue weighted by Gasteiger charge is 2.32. The average Bonchev–Trinajstić information content (AvgIpc) is 3.22. The molecule has 156 valence electrons. The SMILES string of the molecule is CC(C(=O)NC1CC1)N1CCN(C(=O)C(C)n2c(-c3cccs3)n[nH]c2=S)CC1. The molecular formula is C19H26N6O2S2. The van der Waals surface area contributed by atoms with E-state index in [0.29, 0.717) is 42.8 Å². The van der Waals surface area contributed by atoms with Crippen LogP contribution in [0.4, 0.5) is 0 Å². The number of piperazine rings is 1. The molecule has 0 spiro atoms. The van der Waals surface area contributed by atoms with Gasteiger partial charge in [0, 0.05) is 32.2 Å². The maximum Gasteiger partial charge on any atom is 0.245 e. The quantitative estimate of drug-likeness (QED) is 0.680. The fourth-order valence-electron chi connectivity index (χ4n) is 3.66. The summed E-state index contributed by atoms with van der Waals surface area (Å²) in [7, 11) is 0. The minimum Gasteiger partial charge on any atom is -0.352 e. The molecule has 2 fully saturated rings. The fraction of sp³-hybridized carbons (Fsp3) is 0.579. The van der Waals surface area contributed by atoms with Crippen LogP contribution in [-0.4, -0.2) is 74.6 Å². The highest BCUT2D eigenvalue weighted by Crippen LogP contribution is 2.26. The maximum atomic E-state index is 13.2. The molecule has 0 radical (unpaired) electrons. The third-order valence-electron chi connectivity index (χ3n) is 5.67. The molecule has 10 heteroatoms. The van der Waals surface area contributed by atoms with Crippen LogP contribution < -0.4 is 5.32 Å². The van der Waals surface area contributed by atoms with E-state index in [1.165, 1.54) is 0 Å². The van der Waals surface area contributed by atoms with Crippen LogP contribution in [0.3, 0.4) is 0 Å². The van der Waals surface area contributed by atoms with Crippen molar-refractivity contribution in [1.82, 2.24) is 29.9 Å². The largest absolute Gasteiger partial charge is 0.352 e. The fourth-order valence-corrected chi connectivity index (χ4v) is 4.66. The van der Waals surface area contributed by atoms with Crippen molar-refractivity contribution in [3.05, 3.63) is 22.3 Å². The number of thiophene rings is 1. The Hall–Kier alpha value is -2.04. The number of hydrogen-bond donors (Lipinski definition) is 2. The Labute approximate surface area is 178 Å². The normalized spacial score (nSPS) is 19.7. The van der Waals surface area contributed by atoms with Crippen molar-refractivity contribution in [2.24, 2.45) is 0 Å². The summed E-state index contributed by atoms with van der Waals surface area (Å²) >= 11 is 6.95. The summed E-state index contributed by atoms with van der Waals surface area (Å²) in [5.74, 6) is 0.802. The number of aromatic nitrogens is 3. The molecule has 1 saturated carbocycles. The van der Waals surface area contributed by atoms with Crippen LogP contribution >= 0.6 is 23.6 Å². The third kappa shape index (κ3) is 4.29. The van der Waals surface area contributed by atoms with Gasteiger partial charge in [0.05, 0.1) is 10.9 Å². The van der Waals surface area contributed by atoms with Gasteiger partial charge in [0.25, 0.3) is 0 Å². The summed E-state index contributed by atoms with van der Waals surface area (Å²) in [6.07, 6.45) is 2.17. The Kier molecular flexibility index (Phi) is 5.84. The monoisotopic (exact) mass is 434 g/mol. The number of carbonyl (C=O) groups is 2. The van der Waals surface area contributed by atoms with E-state index in [-0.39, 0.29) is 17.9 Å². The Bertz CT molecular complexity index is 925. The van der Waals surface area contributed by atoms with E-state index in [0.717, 1.165) is 17.7 Å². The van der Waals surface area contributed by atoms with E-state index < -0.39 is 6.04 Å². The van der Waals surface area contributed by atoms with Gasteiger partial charge in [-0.25, -0.2) is 0 Å². The highest BCUT2D eigenvalue weighted by atomic mass is 32.1. The van der Waals surface area contributed by atoms with Gasteiger partial charge in [-0.05, 0) is 50.4 Å². The highest BCUT2D eigenvalue weighted by molar-refractivity contribution is 7.71. The molecular weight excluding hydrogens is 408 g/mol. The van der Waals surface area contributed by atoms with Crippen molar-refractivity contribution in [3.8, 4) is 10.7 Å². The molecule has 2 unspecified atom stereocenters. The number of H-pyrrole nitrogens is 1. The van der Waals surface area contributed by atoms with Crippen LogP contribution in [0, 0.1) is 4.77 Å². The second-order valence-corrected chi connectivity index (χ2v) is 9.03. The summed E-state index contributed by atoms with van der Waals surface area (Å²) in [6, 6.07) is 3.68. The van der Waals surface area contributed by atoms with Gasteiger partial charge in [-0.1, -0.05) is 6.07 Å². The Morgan fingerprint density at radius 3 is 2.59 bits per heavy atom. The van der Waals surface area contributed by atoms with Gasteiger partial charge in [-0.2, -0.15) is 5.10 Å². The summed E-state index contributed by atoms with van der Waals surface area (Å²) in [5.41, 5.74) is 0. The molecule has 8 nitrogen and oxygen atoms in total. The van der Waals surface area contributed by atoms with Crippen LogP contribution in [0.2, 0.25) is 0 Å². The second-order valence-electron chi connectivity index (χ2n) is 7.70. The standard InChI is InChI=1S/C19H26N6O2S2/c1-12(17(26)20-14-5-6-14)23-7-9-24(10-8-23)18(27)13(2)25-16(21-22-19(25)28)15-4-3-11-29-15/h3-4,11-14H,5-10H2,1-2H3,(H,20,26)(H,22,28). The van der Waals surface area contributed by atoms with Crippen molar-refractivity contribution in [1.29, 1.82) is 0 Å². The second kappa shape index (κ2) is 8.37. The minimum absolute atomic E-state index is 0.0232. The van der Waals surface area contributed by atoms with E-state index in [1.54, 1.807) is 15.9 Å². The van der Waals surface area contributed by atoms with Gasteiger partial charge in [-0.3, -0.25) is 24.2 Å². The Morgan fingerprint density at radius 2 is 1.97 bits per heavy atom. The zero-order valence-corrected chi connectivity index (χ0v) is 18.3. The first-order valence-corrected chi connectivity index (χ1v) is 11.3. The topological polar surface area (TPSA) is 86.3 Å². The first kappa shape index (κ1) is 20.2. The number of hydrogen-bond acceptors (Lipinski definition) is 6. The molecule has 3 heterocycles. The number of amides is 2. The Balaban J connectivity index is 1.39. The van der Waals surface area contributed by atoms with Crippen LogP contribution in [-0.2, 0) is 9.59 Å². The third-order valence-corrected chi connectivity index (χ3v) is 6.82.